The van der Waals surface area contributed by atoms with Crippen LogP contribution in [0.3, 0.4) is 0 Å². The maximum atomic E-state index is 12.8. The van der Waals surface area contributed by atoms with Gasteiger partial charge in [0, 0.05) is 16.7 Å². The number of nitrogens with one attached hydrogen (secondary N) is 2. The molecule has 30 heavy (non-hydrogen) atoms. The summed E-state index contributed by atoms with van der Waals surface area (Å²) in [6.07, 6.45) is 1.86. The van der Waals surface area contributed by atoms with Crippen LogP contribution in [0.5, 0.6) is 5.75 Å². The first kappa shape index (κ1) is 19.4. The average Bonchev–Trinajstić information content (AvgIpc) is 3.09. The van der Waals surface area contributed by atoms with E-state index in [1.165, 1.54) is 0 Å². The van der Waals surface area contributed by atoms with E-state index in [1.54, 1.807) is 36.1 Å². The van der Waals surface area contributed by atoms with Crippen molar-refractivity contribution in [3.63, 3.8) is 0 Å². The highest BCUT2D eigenvalue weighted by molar-refractivity contribution is 5.98. The number of carbonyl (C=O) groups excluding carboxylic acids is 2. The molecule has 0 radical (unpaired) electrons. The lowest BCUT2D eigenvalue weighted by molar-refractivity contribution is -0.596. The normalized spacial score (nSPS) is 19.4. The Labute approximate surface area is 174 Å². The number of hydrogen-bond donors (Lipinski definition) is 2. The van der Waals surface area contributed by atoms with E-state index < -0.39 is 12.1 Å². The number of hydrazone groups is 1. The number of hydrogen-bond acceptors (Lipinski definition) is 3. The molecule has 0 saturated carbocycles. The fourth-order valence-corrected chi connectivity index (χ4v) is 3.50. The molecule has 6 heteroatoms. The number of ether oxygens (including phenoxy) is 1. The van der Waals surface area contributed by atoms with Gasteiger partial charge < -0.3 is 10.1 Å². The average molecular weight is 400 g/mol. The van der Waals surface area contributed by atoms with Crippen molar-refractivity contribution >= 4 is 18.0 Å². The lowest BCUT2D eigenvalue weighted by Crippen LogP contribution is -2.42. The van der Waals surface area contributed by atoms with Crippen LogP contribution in [0.1, 0.15) is 27.5 Å². The molecule has 3 aromatic carbocycles. The van der Waals surface area contributed by atoms with Gasteiger partial charge in [-0.15, -0.1) is 10.1 Å². The standard InChI is InChI=1S/C24H21N3O3/c1-30-20-14-12-18(13-15-20)22-21(25-23(28)19-10-6-3-7-11-19)24(29)26-27(22)16-17-8-4-2-5-9-17/h2-16,21-22H,1H3,(H-,25,26,28,29)/p+1/b27-16-/t21-,22-/m0/s1. The molecule has 2 atom stereocenters. The molecule has 3 aromatic rings. The van der Waals surface area contributed by atoms with Crippen molar-refractivity contribution in [2.75, 3.05) is 7.11 Å². The zero-order chi connectivity index (χ0) is 20.9. The van der Waals surface area contributed by atoms with Crippen molar-refractivity contribution in [2.24, 2.45) is 0 Å². The number of rotatable bonds is 5. The lowest BCUT2D eigenvalue weighted by Gasteiger charge is -2.15. The van der Waals surface area contributed by atoms with Gasteiger partial charge in [0.1, 0.15) is 5.75 Å². The second-order valence-corrected chi connectivity index (χ2v) is 6.96. The molecule has 0 spiro atoms. The van der Waals surface area contributed by atoms with Crippen molar-refractivity contribution in [3.8, 4) is 5.75 Å². The first-order valence-corrected chi connectivity index (χ1v) is 9.64. The summed E-state index contributed by atoms with van der Waals surface area (Å²) in [5, 5.41) is 2.89. The van der Waals surface area contributed by atoms with Gasteiger partial charge in [0.25, 0.3) is 5.91 Å². The number of carbonyl (C=O) groups is 2. The van der Waals surface area contributed by atoms with Crippen LogP contribution in [-0.2, 0) is 4.79 Å². The predicted molar refractivity (Wildman–Crippen MR) is 113 cm³/mol. The third-order valence-corrected chi connectivity index (χ3v) is 5.00. The molecule has 1 heterocycles. The van der Waals surface area contributed by atoms with Crippen LogP contribution in [0.2, 0.25) is 0 Å². The number of methoxy groups -OCH3 is 1. The van der Waals surface area contributed by atoms with Gasteiger partial charge in [0.15, 0.2) is 6.04 Å². The van der Waals surface area contributed by atoms with E-state index in [0.717, 1.165) is 16.9 Å². The molecule has 2 amide bonds. The van der Waals surface area contributed by atoms with E-state index in [-0.39, 0.29) is 11.8 Å². The maximum absolute atomic E-state index is 12.8. The Kier molecular flexibility index (Phi) is 5.57. The summed E-state index contributed by atoms with van der Waals surface area (Å²) in [6, 6.07) is 24.9. The fraction of sp³-hybridized carbons (Fsp3) is 0.125. The van der Waals surface area contributed by atoms with E-state index >= 15 is 0 Å². The molecule has 1 aliphatic rings. The highest BCUT2D eigenvalue weighted by Crippen LogP contribution is 2.27. The van der Waals surface area contributed by atoms with E-state index in [1.807, 2.05) is 66.9 Å². The highest BCUT2D eigenvalue weighted by Gasteiger charge is 2.47. The van der Waals surface area contributed by atoms with Crippen LogP contribution < -0.4 is 15.5 Å². The Morgan fingerprint density at radius 1 is 0.967 bits per heavy atom. The monoisotopic (exact) mass is 400 g/mol. The van der Waals surface area contributed by atoms with E-state index in [9.17, 15) is 9.59 Å². The quantitative estimate of drug-likeness (QED) is 0.647. The van der Waals surface area contributed by atoms with E-state index in [0.29, 0.717) is 5.56 Å². The highest BCUT2D eigenvalue weighted by atomic mass is 16.5. The summed E-state index contributed by atoms with van der Waals surface area (Å²) >= 11 is 0. The summed E-state index contributed by atoms with van der Waals surface area (Å²) in [5.74, 6) is 0.155. The van der Waals surface area contributed by atoms with Crippen molar-refractivity contribution < 1.29 is 19.0 Å². The van der Waals surface area contributed by atoms with Gasteiger partial charge >= 0.3 is 5.91 Å². The molecule has 0 aliphatic carbocycles. The van der Waals surface area contributed by atoms with Gasteiger partial charge in [-0.1, -0.05) is 36.4 Å². The molecule has 0 unspecified atom stereocenters. The molecule has 150 valence electrons. The molecular formula is C24H22N3O3+. The molecule has 1 fully saturated rings. The van der Waals surface area contributed by atoms with E-state index in [2.05, 4.69) is 10.7 Å². The Morgan fingerprint density at radius 3 is 2.23 bits per heavy atom. The minimum absolute atomic E-state index is 0.271. The Bertz CT molecular complexity index is 1060. The molecule has 1 aliphatic heterocycles. The van der Waals surface area contributed by atoms with Crippen LogP contribution in [0, 0.1) is 0 Å². The van der Waals surface area contributed by atoms with Gasteiger partial charge in [0.05, 0.1) is 7.11 Å². The summed E-state index contributed by atoms with van der Waals surface area (Å²) < 4.78 is 7.00. The van der Waals surface area contributed by atoms with Crippen LogP contribution in [0.15, 0.2) is 84.9 Å². The van der Waals surface area contributed by atoms with Gasteiger partial charge in [-0.2, -0.15) is 0 Å². The van der Waals surface area contributed by atoms with Crippen molar-refractivity contribution in [2.45, 2.75) is 12.1 Å². The zero-order valence-corrected chi connectivity index (χ0v) is 16.5. The molecule has 4 rings (SSSR count). The van der Waals surface area contributed by atoms with Crippen LogP contribution in [-0.4, -0.2) is 35.9 Å². The van der Waals surface area contributed by atoms with Gasteiger partial charge in [-0.3, -0.25) is 9.59 Å². The Hall–Kier alpha value is -3.93. The van der Waals surface area contributed by atoms with Crippen molar-refractivity contribution in [1.29, 1.82) is 0 Å². The smallest absolute Gasteiger partial charge is 0.304 e. The SMILES string of the molecule is COc1ccc([C@H]2[C@H](NC(=O)c3ccccc3)C(=O)N/[N+]2=C\c2ccccc2)cc1. The van der Waals surface area contributed by atoms with Crippen LogP contribution >= 0.6 is 0 Å². The topological polar surface area (TPSA) is 70.4 Å². The molecule has 0 aromatic heterocycles. The van der Waals surface area contributed by atoms with Crippen LogP contribution in [0.4, 0.5) is 0 Å². The molecular weight excluding hydrogens is 378 g/mol. The zero-order valence-electron chi connectivity index (χ0n) is 16.5. The second kappa shape index (κ2) is 8.61. The minimum Gasteiger partial charge on any atom is -0.497 e. The third kappa shape index (κ3) is 4.07. The van der Waals surface area contributed by atoms with Crippen molar-refractivity contribution in [1.82, 2.24) is 10.7 Å². The first-order chi connectivity index (χ1) is 14.7. The van der Waals surface area contributed by atoms with Gasteiger partial charge in [-0.25, -0.2) is 0 Å². The Morgan fingerprint density at radius 2 is 1.60 bits per heavy atom. The van der Waals surface area contributed by atoms with Crippen molar-refractivity contribution in [3.05, 3.63) is 102 Å². The number of hydrazine groups is 1. The van der Waals surface area contributed by atoms with Crippen LogP contribution in [0.25, 0.3) is 0 Å². The largest absolute Gasteiger partial charge is 0.497 e. The number of nitrogens with zero attached hydrogens (tertiary/aromatic N) is 1. The number of benzene rings is 3. The fourth-order valence-electron chi connectivity index (χ4n) is 3.50. The molecule has 0 bridgehead atoms. The van der Waals surface area contributed by atoms with Gasteiger partial charge in [-0.05, 0) is 48.5 Å². The third-order valence-electron chi connectivity index (χ3n) is 5.00. The summed E-state index contributed by atoms with van der Waals surface area (Å²) in [6.45, 7) is 0. The minimum atomic E-state index is -0.758. The summed E-state index contributed by atoms with van der Waals surface area (Å²) in [7, 11) is 1.61. The number of amides is 2. The van der Waals surface area contributed by atoms with E-state index in [4.69, 9.17) is 4.74 Å². The van der Waals surface area contributed by atoms with Gasteiger partial charge in [0.2, 0.25) is 12.3 Å². The maximum Gasteiger partial charge on any atom is 0.304 e. The summed E-state index contributed by atoms with van der Waals surface area (Å²) in [5.41, 5.74) is 5.19. The molecule has 2 N–H and O–H groups in total. The summed E-state index contributed by atoms with van der Waals surface area (Å²) in [4.78, 5) is 25.6. The lowest BCUT2D eigenvalue weighted by atomic mass is 9.99. The Balaban J connectivity index is 1.70. The predicted octanol–water partition coefficient (Wildman–Crippen LogP) is 2.71. The second-order valence-electron chi connectivity index (χ2n) is 6.96. The molecule has 1 saturated heterocycles. The molecule has 6 nitrogen and oxygen atoms in total. The first-order valence-electron chi connectivity index (χ1n) is 9.64.